The lowest BCUT2D eigenvalue weighted by Crippen LogP contribution is -3.41. The van der Waals surface area contributed by atoms with Gasteiger partial charge >= 0.3 is 0 Å². The molecule has 4 heterocycles. The van der Waals surface area contributed by atoms with E-state index >= 15 is 0 Å². The lowest BCUT2D eigenvalue weighted by Gasteiger charge is -2.60. The first-order valence-corrected chi connectivity index (χ1v) is 9.32. The summed E-state index contributed by atoms with van der Waals surface area (Å²) in [7, 11) is 0. The van der Waals surface area contributed by atoms with Crippen LogP contribution in [0.1, 0.15) is 38.4 Å². The Morgan fingerprint density at radius 3 is 1.86 bits per heavy atom. The van der Waals surface area contributed by atoms with E-state index < -0.39 is 0 Å². The van der Waals surface area contributed by atoms with Gasteiger partial charge in [-0.3, -0.25) is 14.6 Å². The Kier molecular flexibility index (Phi) is 3.30. The number of benzene rings is 1. The second kappa shape index (κ2) is 4.89. The zero-order chi connectivity index (χ0) is 15.5. The first-order chi connectivity index (χ1) is 10.5. The minimum Gasteiger partial charge on any atom is -0.297 e. The number of Topliss-reactive ketones (excluding diaryl/α,β-unsaturated/α-hetero) is 1. The second-order valence-electron chi connectivity index (χ2n) is 7.61. The van der Waals surface area contributed by atoms with E-state index in [-0.39, 0.29) is 10.8 Å². The van der Waals surface area contributed by atoms with Gasteiger partial charge in [0.2, 0.25) is 6.17 Å². The number of piperidine rings is 2. The molecule has 4 bridgehead atoms. The molecule has 1 aromatic rings. The van der Waals surface area contributed by atoms with E-state index in [1.807, 2.05) is 0 Å². The zero-order valence-electron chi connectivity index (χ0n) is 13.4. The third-order valence-electron chi connectivity index (χ3n) is 6.60. The normalized spacial score (nSPS) is 42.9. The summed E-state index contributed by atoms with van der Waals surface area (Å²) < 4.78 is 1.14. The molecule has 0 aliphatic carbocycles. The van der Waals surface area contributed by atoms with Crippen LogP contribution in [0.15, 0.2) is 28.7 Å². The molecule has 0 aromatic heterocycles. The summed E-state index contributed by atoms with van der Waals surface area (Å²) in [4.78, 5) is 16.4. The van der Waals surface area contributed by atoms with Crippen LogP contribution < -0.4 is 9.80 Å². The van der Waals surface area contributed by atoms with Crippen LogP contribution in [-0.4, -0.2) is 32.0 Å². The number of rotatable bonds is 3. The zero-order valence-corrected chi connectivity index (χ0v) is 15.0. The number of ketones is 1. The van der Waals surface area contributed by atoms with Gasteiger partial charge in [0, 0.05) is 4.47 Å². The van der Waals surface area contributed by atoms with Crippen LogP contribution >= 0.6 is 15.9 Å². The maximum atomic E-state index is 13.1. The van der Waals surface area contributed by atoms with Crippen LogP contribution in [0, 0.1) is 10.8 Å². The van der Waals surface area contributed by atoms with E-state index in [4.69, 9.17) is 0 Å². The van der Waals surface area contributed by atoms with Crippen molar-refractivity contribution in [1.82, 2.24) is 0 Å². The van der Waals surface area contributed by atoms with E-state index in [2.05, 4.69) is 54.0 Å². The summed E-state index contributed by atoms with van der Waals surface area (Å²) in [6.45, 7) is 8.57. The van der Waals surface area contributed by atoms with Crippen molar-refractivity contribution in [2.24, 2.45) is 10.8 Å². The minimum absolute atomic E-state index is 0.0525. The predicted molar refractivity (Wildman–Crippen MR) is 88.7 cm³/mol. The molecular weight excluding hydrogens is 340 g/mol. The summed E-state index contributed by atoms with van der Waals surface area (Å²) in [5, 5.41) is 0. The monoisotopic (exact) mass is 364 g/mol. The molecule has 118 valence electrons. The van der Waals surface area contributed by atoms with Crippen molar-refractivity contribution in [2.75, 3.05) is 26.2 Å². The van der Waals surface area contributed by atoms with E-state index in [0.717, 1.165) is 43.5 Å². The summed E-state index contributed by atoms with van der Waals surface area (Å²) in [6.07, 6.45) is 2.53. The van der Waals surface area contributed by atoms with Gasteiger partial charge in [-0.2, -0.15) is 0 Å². The molecule has 5 rings (SSSR count). The molecular formula is C18H25BrN2O+2. The smallest absolute Gasteiger partial charge is 0.240 e. The Hall–Kier alpha value is -0.710. The lowest BCUT2D eigenvalue weighted by atomic mass is 9.58. The first kappa shape index (κ1) is 14.9. The van der Waals surface area contributed by atoms with Crippen LogP contribution in [0.2, 0.25) is 0 Å². The minimum atomic E-state index is -0.0525. The molecule has 4 heteroatoms. The van der Waals surface area contributed by atoms with E-state index in [1.54, 1.807) is 9.80 Å². The summed E-state index contributed by atoms with van der Waals surface area (Å²) in [5.74, 6) is 0.590. The van der Waals surface area contributed by atoms with Crippen molar-refractivity contribution in [3.05, 3.63) is 34.3 Å². The fraction of sp³-hybridized carbons (Fsp3) is 0.611. The highest BCUT2D eigenvalue weighted by molar-refractivity contribution is 9.10. The van der Waals surface area contributed by atoms with Gasteiger partial charge < -0.3 is 0 Å². The van der Waals surface area contributed by atoms with Gasteiger partial charge in [0.1, 0.15) is 37.0 Å². The highest BCUT2D eigenvalue weighted by atomic mass is 79.9. The highest BCUT2D eigenvalue weighted by Crippen LogP contribution is 2.40. The average Bonchev–Trinajstić information content (AvgIpc) is 2.52. The number of carbonyl (C=O) groups is 1. The third kappa shape index (κ3) is 1.84. The third-order valence-corrected chi connectivity index (χ3v) is 7.13. The fourth-order valence-electron chi connectivity index (χ4n) is 5.52. The highest BCUT2D eigenvalue weighted by Gasteiger charge is 2.70. The maximum Gasteiger partial charge on any atom is 0.240 e. The number of nitrogens with one attached hydrogen (secondary N) is 2. The van der Waals surface area contributed by atoms with E-state index in [0.29, 0.717) is 11.9 Å². The summed E-state index contributed by atoms with van der Waals surface area (Å²) in [5.41, 5.74) is 1.32. The van der Waals surface area contributed by atoms with Crippen molar-refractivity contribution < 1.29 is 14.6 Å². The fourth-order valence-corrected chi connectivity index (χ4v) is 5.78. The van der Waals surface area contributed by atoms with Gasteiger partial charge in [-0.25, -0.2) is 0 Å². The molecule has 4 fully saturated rings. The van der Waals surface area contributed by atoms with Gasteiger partial charge in [-0.15, -0.1) is 0 Å². The number of halogens is 1. The quantitative estimate of drug-likeness (QED) is 0.807. The van der Waals surface area contributed by atoms with Gasteiger partial charge in [0.25, 0.3) is 0 Å². The molecule has 4 aliphatic rings. The predicted octanol–water partition coefficient (Wildman–Crippen LogP) is 0.620. The summed E-state index contributed by atoms with van der Waals surface area (Å²) in [6, 6.07) is 8.82. The van der Waals surface area contributed by atoms with Crippen LogP contribution in [-0.2, 0) is 4.79 Å². The molecule has 0 spiro atoms. The first-order valence-electron chi connectivity index (χ1n) is 8.53. The largest absolute Gasteiger partial charge is 0.297 e. The molecule has 0 amide bonds. The Labute approximate surface area is 140 Å². The van der Waals surface area contributed by atoms with Crippen LogP contribution in [0.4, 0.5) is 0 Å². The molecule has 4 saturated heterocycles. The molecule has 2 N–H and O–H groups in total. The topological polar surface area (TPSA) is 26.0 Å². The number of carbonyl (C=O) groups excluding carboxylic acids is 1. The van der Waals surface area contributed by atoms with Crippen molar-refractivity contribution >= 4 is 21.7 Å². The van der Waals surface area contributed by atoms with Crippen LogP contribution in [0.3, 0.4) is 0 Å². The Morgan fingerprint density at radius 2 is 1.45 bits per heavy atom. The van der Waals surface area contributed by atoms with E-state index in [9.17, 15) is 4.79 Å². The van der Waals surface area contributed by atoms with Gasteiger partial charge in [-0.1, -0.05) is 29.8 Å². The van der Waals surface area contributed by atoms with Gasteiger partial charge in [-0.05, 0) is 37.1 Å². The Morgan fingerprint density at radius 1 is 1.00 bits per heavy atom. The molecule has 0 unspecified atom stereocenters. The molecule has 0 atom stereocenters. The lowest BCUT2D eigenvalue weighted by molar-refractivity contribution is -1.18. The molecule has 22 heavy (non-hydrogen) atoms. The van der Waals surface area contributed by atoms with Crippen molar-refractivity contribution in [1.29, 1.82) is 0 Å². The molecule has 3 nitrogen and oxygen atoms in total. The molecule has 0 saturated carbocycles. The number of hydrogen-bond acceptors (Lipinski definition) is 1. The van der Waals surface area contributed by atoms with Crippen molar-refractivity contribution in [3.63, 3.8) is 0 Å². The van der Waals surface area contributed by atoms with Crippen molar-refractivity contribution in [3.8, 4) is 0 Å². The van der Waals surface area contributed by atoms with Gasteiger partial charge in [0.15, 0.2) is 5.78 Å². The maximum absolute atomic E-state index is 13.1. The number of hydrogen-bond donors (Lipinski definition) is 2. The molecule has 1 aromatic carbocycles. The summed E-state index contributed by atoms with van der Waals surface area (Å²) >= 11 is 3.54. The molecule has 4 aliphatic heterocycles. The number of quaternary nitrogens is 2. The standard InChI is InChI=1S/C18H23BrN2O/c1-3-17-9-20-11-18(4-2,16(17)22)12-21(10-17)15(20)13-5-7-14(19)8-6-13/h5-8,15H,3-4,9-12H2,1-2H3/p+2. The second-order valence-corrected chi connectivity index (χ2v) is 8.52. The van der Waals surface area contributed by atoms with Crippen molar-refractivity contribution in [2.45, 2.75) is 32.9 Å². The SMILES string of the molecule is CCC12C[NH+]3CC(CC)(C[NH+](C1)C3c1ccc(Br)cc1)C2=O. The average molecular weight is 365 g/mol. The van der Waals surface area contributed by atoms with Gasteiger partial charge in [0.05, 0.1) is 5.56 Å². The molecule has 0 radical (unpaired) electrons. The Bertz CT molecular complexity index is 570. The van der Waals surface area contributed by atoms with E-state index in [1.165, 1.54) is 5.56 Å². The van der Waals surface area contributed by atoms with Crippen LogP contribution in [0.25, 0.3) is 0 Å². The van der Waals surface area contributed by atoms with Crippen LogP contribution in [0.5, 0.6) is 0 Å². The Balaban J connectivity index is 1.74.